The second kappa shape index (κ2) is 6.56. The molecule has 1 heterocycles. The Hall–Kier alpha value is -3.27. The summed E-state index contributed by atoms with van der Waals surface area (Å²) in [5, 5.41) is 0. The number of ether oxygens (including phenoxy) is 1. The second-order valence-electron chi connectivity index (χ2n) is 6.49. The lowest BCUT2D eigenvalue weighted by atomic mass is 10.1. The lowest BCUT2D eigenvalue weighted by molar-refractivity contribution is 0.243. The molecule has 4 nitrogen and oxygen atoms in total. The van der Waals surface area contributed by atoms with Gasteiger partial charge in [0.2, 0.25) is 5.89 Å². The first-order chi connectivity index (χ1) is 12.6. The second-order valence-corrected chi connectivity index (χ2v) is 6.49. The van der Waals surface area contributed by atoms with E-state index in [0.717, 1.165) is 27.8 Å². The zero-order valence-corrected chi connectivity index (χ0v) is 14.8. The Labute approximate surface area is 152 Å². The lowest BCUT2D eigenvalue weighted by Gasteiger charge is -2.12. The SMILES string of the molecule is CC(C)Oc1ccc(N)cc1-c1nc2cc(-c3ccccc3)ccc2o1. The number of hydrogen-bond donors (Lipinski definition) is 1. The van der Waals surface area contributed by atoms with Gasteiger partial charge < -0.3 is 14.9 Å². The van der Waals surface area contributed by atoms with Crippen molar-refractivity contribution in [2.75, 3.05) is 5.73 Å². The molecule has 0 fully saturated rings. The minimum atomic E-state index is 0.0476. The van der Waals surface area contributed by atoms with Gasteiger partial charge in [-0.3, -0.25) is 0 Å². The summed E-state index contributed by atoms with van der Waals surface area (Å²) in [6.45, 7) is 3.97. The van der Waals surface area contributed by atoms with Gasteiger partial charge in [-0.15, -0.1) is 0 Å². The maximum Gasteiger partial charge on any atom is 0.231 e. The summed E-state index contributed by atoms with van der Waals surface area (Å²) in [4.78, 5) is 4.68. The molecular weight excluding hydrogens is 324 g/mol. The maximum atomic E-state index is 5.98. The quantitative estimate of drug-likeness (QED) is 0.494. The van der Waals surface area contributed by atoms with Crippen LogP contribution in [0.25, 0.3) is 33.7 Å². The van der Waals surface area contributed by atoms with Crippen molar-refractivity contribution in [3.05, 3.63) is 66.7 Å². The highest BCUT2D eigenvalue weighted by Crippen LogP contribution is 2.35. The fourth-order valence-electron chi connectivity index (χ4n) is 2.92. The van der Waals surface area contributed by atoms with E-state index in [9.17, 15) is 0 Å². The number of nitrogens with two attached hydrogens (primary N) is 1. The summed E-state index contributed by atoms with van der Waals surface area (Å²) in [7, 11) is 0. The highest BCUT2D eigenvalue weighted by Gasteiger charge is 2.15. The van der Waals surface area contributed by atoms with Crippen molar-refractivity contribution in [3.63, 3.8) is 0 Å². The van der Waals surface area contributed by atoms with E-state index in [2.05, 4.69) is 17.1 Å². The first-order valence-corrected chi connectivity index (χ1v) is 8.63. The van der Waals surface area contributed by atoms with Gasteiger partial charge in [0.05, 0.1) is 11.7 Å². The van der Waals surface area contributed by atoms with Crippen LogP contribution >= 0.6 is 0 Å². The van der Waals surface area contributed by atoms with E-state index in [1.165, 1.54) is 0 Å². The van der Waals surface area contributed by atoms with E-state index < -0.39 is 0 Å². The summed E-state index contributed by atoms with van der Waals surface area (Å²) >= 11 is 0. The van der Waals surface area contributed by atoms with Crippen LogP contribution in [0, 0.1) is 0 Å². The van der Waals surface area contributed by atoms with Crippen molar-refractivity contribution in [2.45, 2.75) is 20.0 Å². The van der Waals surface area contributed by atoms with Crippen LogP contribution in [0.4, 0.5) is 5.69 Å². The molecule has 1 aromatic heterocycles. The van der Waals surface area contributed by atoms with Crippen molar-refractivity contribution in [1.29, 1.82) is 0 Å². The van der Waals surface area contributed by atoms with Crippen LogP contribution < -0.4 is 10.5 Å². The number of anilines is 1. The molecule has 0 atom stereocenters. The minimum Gasteiger partial charge on any atom is -0.490 e. The normalized spacial score (nSPS) is 11.2. The molecule has 0 bridgehead atoms. The predicted molar refractivity (Wildman–Crippen MR) is 105 cm³/mol. The van der Waals surface area contributed by atoms with Gasteiger partial charge in [0, 0.05) is 5.69 Å². The third-order valence-electron chi connectivity index (χ3n) is 4.09. The Kier molecular flexibility index (Phi) is 4.09. The highest BCUT2D eigenvalue weighted by atomic mass is 16.5. The molecule has 0 amide bonds. The van der Waals surface area contributed by atoms with Crippen LogP contribution in [0.15, 0.2) is 71.1 Å². The van der Waals surface area contributed by atoms with Gasteiger partial charge in [0.1, 0.15) is 11.3 Å². The van der Waals surface area contributed by atoms with E-state index in [-0.39, 0.29) is 6.10 Å². The van der Waals surface area contributed by atoms with E-state index in [1.807, 2.05) is 68.4 Å². The molecule has 4 aromatic rings. The Morgan fingerprint density at radius 1 is 0.923 bits per heavy atom. The molecule has 3 aromatic carbocycles. The van der Waals surface area contributed by atoms with Crippen molar-refractivity contribution in [3.8, 4) is 28.3 Å². The Morgan fingerprint density at radius 2 is 1.73 bits per heavy atom. The van der Waals surface area contributed by atoms with Gasteiger partial charge in [-0.1, -0.05) is 36.4 Å². The number of benzene rings is 3. The maximum absolute atomic E-state index is 5.98. The summed E-state index contributed by atoms with van der Waals surface area (Å²) in [5.41, 5.74) is 11.2. The third-order valence-corrected chi connectivity index (χ3v) is 4.09. The lowest BCUT2D eigenvalue weighted by Crippen LogP contribution is -2.06. The Balaban J connectivity index is 1.80. The molecule has 26 heavy (non-hydrogen) atoms. The molecule has 0 aliphatic rings. The summed E-state index contributed by atoms with van der Waals surface area (Å²) in [6, 6.07) is 21.7. The van der Waals surface area contributed by atoms with Crippen molar-refractivity contribution in [1.82, 2.24) is 4.98 Å². The van der Waals surface area contributed by atoms with Crippen LogP contribution in [0.1, 0.15) is 13.8 Å². The monoisotopic (exact) mass is 344 g/mol. The number of nitrogen functional groups attached to an aromatic ring is 1. The van der Waals surface area contributed by atoms with Crippen molar-refractivity contribution >= 4 is 16.8 Å². The van der Waals surface area contributed by atoms with Gasteiger partial charge in [0.15, 0.2) is 5.58 Å². The molecule has 2 N–H and O–H groups in total. The molecule has 0 saturated carbocycles. The summed E-state index contributed by atoms with van der Waals surface area (Å²) < 4.78 is 11.9. The fraction of sp³-hybridized carbons (Fsp3) is 0.136. The average Bonchev–Trinajstić information content (AvgIpc) is 3.06. The molecule has 0 saturated heterocycles. The fourth-order valence-corrected chi connectivity index (χ4v) is 2.92. The van der Waals surface area contributed by atoms with Gasteiger partial charge >= 0.3 is 0 Å². The smallest absolute Gasteiger partial charge is 0.231 e. The molecule has 0 unspecified atom stereocenters. The van der Waals surface area contributed by atoms with Crippen LogP contribution in [-0.2, 0) is 0 Å². The first-order valence-electron chi connectivity index (χ1n) is 8.63. The number of oxazole rings is 1. The molecule has 130 valence electrons. The zero-order chi connectivity index (χ0) is 18.1. The van der Waals surface area contributed by atoms with Crippen molar-refractivity contribution < 1.29 is 9.15 Å². The van der Waals surface area contributed by atoms with Gasteiger partial charge in [-0.25, -0.2) is 4.98 Å². The predicted octanol–water partition coefficient (Wildman–Crippen LogP) is 5.53. The van der Waals surface area contributed by atoms with Crippen molar-refractivity contribution in [2.24, 2.45) is 0 Å². The molecule has 0 spiro atoms. The number of hydrogen-bond acceptors (Lipinski definition) is 4. The molecule has 0 aliphatic carbocycles. The standard InChI is InChI=1S/C22H20N2O2/c1-14(2)25-20-11-9-17(23)13-18(20)22-24-19-12-16(8-10-21(19)26-22)15-6-4-3-5-7-15/h3-14H,23H2,1-2H3. The Morgan fingerprint density at radius 3 is 2.50 bits per heavy atom. The van der Waals surface area contributed by atoms with Gasteiger partial charge in [-0.2, -0.15) is 0 Å². The van der Waals surface area contributed by atoms with Gasteiger partial charge in [-0.05, 0) is 55.3 Å². The molecule has 0 radical (unpaired) electrons. The topological polar surface area (TPSA) is 61.3 Å². The molecular formula is C22H20N2O2. The Bertz CT molecular complexity index is 1050. The third kappa shape index (κ3) is 3.14. The summed E-state index contributed by atoms with van der Waals surface area (Å²) in [6.07, 6.45) is 0.0476. The molecule has 0 aliphatic heterocycles. The average molecular weight is 344 g/mol. The minimum absolute atomic E-state index is 0.0476. The molecule has 4 rings (SSSR count). The van der Waals surface area contributed by atoms with Crippen LogP contribution in [0.2, 0.25) is 0 Å². The number of rotatable bonds is 4. The van der Waals surface area contributed by atoms with Crippen LogP contribution in [-0.4, -0.2) is 11.1 Å². The number of aromatic nitrogens is 1. The number of nitrogens with zero attached hydrogens (tertiary/aromatic N) is 1. The van der Waals surface area contributed by atoms with E-state index in [0.29, 0.717) is 17.3 Å². The highest BCUT2D eigenvalue weighted by molar-refractivity contribution is 5.83. The molecule has 4 heteroatoms. The van der Waals surface area contributed by atoms with Gasteiger partial charge in [0.25, 0.3) is 0 Å². The van der Waals surface area contributed by atoms with E-state index in [4.69, 9.17) is 14.9 Å². The van der Waals surface area contributed by atoms with E-state index in [1.54, 1.807) is 0 Å². The first kappa shape index (κ1) is 16.2. The van der Waals surface area contributed by atoms with Crippen LogP contribution in [0.5, 0.6) is 5.75 Å². The largest absolute Gasteiger partial charge is 0.490 e. The van der Waals surface area contributed by atoms with Crippen LogP contribution in [0.3, 0.4) is 0 Å². The zero-order valence-electron chi connectivity index (χ0n) is 14.8. The summed E-state index contributed by atoms with van der Waals surface area (Å²) in [5.74, 6) is 1.22. The number of fused-ring (bicyclic) bond motifs is 1. The van der Waals surface area contributed by atoms with E-state index >= 15 is 0 Å².